The summed E-state index contributed by atoms with van der Waals surface area (Å²) in [6.45, 7) is 5.19. The molecule has 6 nitrogen and oxygen atoms in total. The smallest absolute Gasteiger partial charge is 0.188 e. The molecule has 0 fully saturated rings. The Morgan fingerprint density at radius 3 is 2.40 bits per heavy atom. The van der Waals surface area contributed by atoms with Gasteiger partial charge >= 0.3 is 0 Å². The van der Waals surface area contributed by atoms with Crippen molar-refractivity contribution in [2.45, 2.75) is 26.4 Å². The van der Waals surface area contributed by atoms with Gasteiger partial charge in [0.25, 0.3) is 0 Å². The van der Waals surface area contributed by atoms with Gasteiger partial charge in [-0.25, -0.2) is 0 Å². The number of benzene rings is 2. The van der Waals surface area contributed by atoms with Crippen LogP contribution in [0.5, 0.6) is 5.75 Å². The summed E-state index contributed by atoms with van der Waals surface area (Å²) in [5.41, 5.74) is 3.45. The van der Waals surface area contributed by atoms with Gasteiger partial charge in [0, 0.05) is 0 Å². The maximum Gasteiger partial charge on any atom is 0.188 e. The van der Waals surface area contributed by atoms with Crippen LogP contribution >= 0.6 is 0 Å². The van der Waals surface area contributed by atoms with Crippen LogP contribution in [-0.4, -0.2) is 26.8 Å². The molecule has 3 aromatic rings. The van der Waals surface area contributed by atoms with Crippen molar-refractivity contribution in [2.24, 2.45) is 7.05 Å². The SMILES string of the molecule is Cc1cccc(C)c1OCC(NCc1nnn(C)n1)c1ccccc1. The fourth-order valence-electron chi connectivity index (χ4n) is 2.76. The molecule has 0 radical (unpaired) electrons. The average Bonchev–Trinajstić information content (AvgIpc) is 3.03. The number of hydrogen-bond donors (Lipinski definition) is 1. The molecular weight excluding hydrogens is 314 g/mol. The number of rotatable bonds is 7. The molecule has 3 rings (SSSR count). The zero-order valence-corrected chi connectivity index (χ0v) is 14.8. The van der Waals surface area contributed by atoms with E-state index in [9.17, 15) is 0 Å². The molecule has 1 N–H and O–H groups in total. The van der Waals surface area contributed by atoms with Gasteiger partial charge in [0.05, 0.1) is 19.6 Å². The first-order chi connectivity index (χ1) is 12.1. The topological polar surface area (TPSA) is 64.9 Å². The summed E-state index contributed by atoms with van der Waals surface area (Å²) in [6, 6.07) is 16.5. The minimum Gasteiger partial charge on any atom is -0.491 e. The standard InChI is InChI=1S/C19H23N5O/c1-14-8-7-9-15(2)19(14)25-13-17(16-10-5-4-6-11-16)20-12-18-21-23-24(3)22-18/h4-11,17,20H,12-13H2,1-3H3. The van der Waals surface area contributed by atoms with Crippen molar-refractivity contribution in [3.05, 3.63) is 71.0 Å². The first-order valence-corrected chi connectivity index (χ1v) is 8.33. The van der Waals surface area contributed by atoms with Crippen LogP contribution in [0, 0.1) is 13.8 Å². The van der Waals surface area contributed by atoms with Crippen molar-refractivity contribution >= 4 is 0 Å². The Bertz CT molecular complexity index is 795. The second-order valence-corrected chi connectivity index (χ2v) is 6.07. The lowest BCUT2D eigenvalue weighted by Gasteiger charge is -2.21. The van der Waals surface area contributed by atoms with Crippen LogP contribution in [0.15, 0.2) is 48.5 Å². The molecule has 0 saturated heterocycles. The number of nitrogens with zero attached hydrogens (tertiary/aromatic N) is 4. The van der Waals surface area contributed by atoms with Crippen LogP contribution in [-0.2, 0) is 13.6 Å². The molecule has 6 heteroatoms. The Hall–Kier alpha value is -2.73. The highest BCUT2D eigenvalue weighted by atomic mass is 16.5. The van der Waals surface area contributed by atoms with Gasteiger partial charge in [0.2, 0.25) is 0 Å². The van der Waals surface area contributed by atoms with E-state index >= 15 is 0 Å². The van der Waals surface area contributed by atoms with E-state index in [1.54, 1.807) is 7.05 Å². The molecule has 0 amide bonds. The van der Waals surface area contributed by atoms with E-state index in [2.05, 4.69) is 58.8 Å². The fraction of sp³-hybridized carbons (Fsp3) is 0.316. The summed E-state index contributed by atoms with van der Waals surface area (Å²) in [7, 11) is 1.76. The molecule has 130 valence electrons. The zero-order chi connectivity index (χ0) is 17.6. The summed E-state index contributed by atoms with van der Waals surface area (Å²) in [4.78, 5) is 1.46. The molecule has 0 spiro atoms. The minimum absolute atomic E-state index is 0.0315. The Labute approximate surface area is 147 Å². The second-order valence-electron chi connectivity index (χ2n) is 6.07. The largest absolute Gasteiger partial charge is 0.491 e. The minimum atomic E-state index is 0.0315. The molecular formula is C19H23N5O. The number of aromatic nitrogens is 4. The number of tetrazole rings is 1. The van der Waals surface area contributed by atoms with Gasteiger partial charge in [-0.3, -0.25) is 5.32 Å². The van der Waals surface area contributed by atoms with Crippen molar-refractivity contribution in [3.63, 3.8) is 0 Å². The number of hydrogen-bond acceptors (Lipinski definition) is 5. The summed E-state index contributed by atoms with van der Waals surface area (Å²) in [6.07, 6.45) is 0. The van der Waals surface area contributed by atoms with Crippen LogP contribution in [0.3, 0.4) is 0 Å². The molecule has 2 aromatic carbocycles. The van der Waals surface area contributed by atoms with Crippen LogP contribution in [0.1, 0.15) is 28.6 Å². The maximum atomic E-state index is 6.15. The molecule has 0 bridgehead atoms. The second kappa shape index (κ2) is 7.90. The van der Waals surface area contributed by atoms with E-state index in [0.29, 0.717) is 19.0 Å². The third kappa shape index (κ3) is 4.42. The number of ether oxygens (including phenoxy) is 1. The molecule has 25 heavy (non-hydrogen) atoms. The van der Waals surface area contributed by atoms with E-state index in [-0.39, 0.29) is 6.04 Å². The van der Waals surface area contributed by atoms with Gasteiger partial charge in [-0.05, 0) is 35.8 Å². The normalized spacial score (nSPS) is 12.1. The van der Waals surface area contributed by atoms with Crippen molar-refractivity contribution < 1.29 is 4.74 Å². The lowest BCUT2D eigenvalue weighted by molar-refractivity contribution is 0.261. The van der Waals surface area contributed by atoms with Crippen LogP contribution in [0.25, 0.3) is 0 Å². The molecule has 0 aliphatic carbocycles. The molecule has 0 saturated carbocycles. The third-order valence-electron chi connectivity index (χ3n) is 4.06. The fourth-order valence-corrected chi connectivity index (χ4v) is 2.76. The zero-order valence-electron chi connectivity index (χ0n) is 14.8. The first kappa shape index (κ1) is 17.1. The number of nitrogens with one attached hydrogen (secondary N) is 1. The Morgan fingerprint density at radius 1 is 1.04 bits per heavy atom. The Kier molecular flexibility index (Phi) is 5.40. The molecule has 0 aliphatic rings. The van der Waals surface area contributed by atoms with Crippen LogP contribution < -0.4 is 10.1 Å². The number of para-hydroxylation sites is 1. The van der Waals surface area contributed by atoms with Crippen LogP contribution in [0.4, 0.5) is 0 Å². The van der Waals surface area contributed by atoms with Crippen molar-refractivity contribution in [1.29, 1.82) is 0 Å². The highest BCUT2D eigenvalue weighted by Crippen LogP contribution is 2.24. The van der Waals surface area contributed by atoms with Crippen molar-refractivity contribution in [3.8, 4) is 5.75 Å². The lowest BCUT2D eigenvalue weighted by atomic mass is 10.1. The van der Waals surface area contributed by atoms with Gasteiger partial charge in [0.15, 0.2) is 5.82 Å². The van der Waals surface area contributed by atoms with Crippen molar-refractivity contribution in [2.75, 3.05) is 6.61 Å². The molecule has 1 aromatic heterocycles. The predicted molar refractivity (Wildman–Crippen MR) is 96.2 cm³/mol. The summed E-state index contributed by atoms with van der Waals surface area (Å²) in [5, 5.41) is 15.6. The van der Waals surface area contributed by atoms with E-state index in [0.717, 1.165) is 22.4 Å². The van der Waals surface area contributed by atoms with Crippen LogP contribution in [0.2, 0.25) is 0 Å². The molecule has 0 aliphatic heterocycles. The Morgan fingerprint density at radius 2 is 1.76 bits per heavy atom. The van der Waals surface area contributed by atoms with Gasteiger partial charge in [0.1, 0.15) is 12.4 Å². The van der Waals surface area contributed by atoms with E-state index in [1.165, 1.54) is 4.80 Å². The van der Waals surface area contributed by atoms with Gasteiger partial charge in [-0.15, -0.1) is 10.2 Å². The van der Waals surface area contributed by atoms with Gasteiger partial charge in [-0.1, -0.05) is 48.5 Å². The quantitative estimate of drug-likeness (QED) is 0.718. The first-order valence-electron chi connectivity index (χ1n) is 8.33. The highest BCUT2D eigenvalue weighted by Gasteiger charge is 2.14. The summed E-state index contributed by atoms with van der Waals surface area (Å²) in [5.74, 6) is 1.61. The maximum absolute atomic E-state index is 6.15. The third-order valence-corrected chi connectivity index (χ3v) is 4.06. The van der Waals surface area contributed by atoms with Crippen molar-refractivity contribution in [1.82, 2.24) is 25.5 Å². The molecule has 1 unspecified atom stereocenters. The monoisotopic (exact) mass is 337 g/mol. The molecule has 1 heterocycles. The average molecular weight is 337 g/mol. The Balaban J connectivity index is 1.72. The predicted octanol–water partition coefficient (Wildman–Crippen LogP) is 2.74. The van der Waals surface area contributed by atoms with E-state index in [1.807, 2.05) is 24.3 Å². The number of aryl methyl sites for hydroxylation is 3. The molecule has 1 atom stereocenters. The summed E-state index contributed by atoms with van der Waals surface area (Å²) < 4.78 is 6.15. The lowest BCUT2D eigenvalue weighted by Crippen LogP contribution is -2.27. The van der Waals surface area contributed by atoms with E-state index in [4.69, 9.17) is 4.74 Å². The van der Waals surface area contributed by atoms with Gasteiger partial charge < -0.3 is 4.74 Å². The van der Waals surface area contributed by atoms with E-state index < -0.39 is 0 Å². The highest BCUT2D eigenvalue weighted by molar-refractivity contribution is 5.39. The summed E-state index contributed by atoms with van der Waals surface area (Å²) >= 11 is 0. The van der Waals surface area contributed by atoms with Gasteiger partial charge in [-0.2, -0.15) is 4.80 Å².